The van der Waals surface area contributed by atoms with Crippen LogP contribution in [0, 0.1) is 0 Å². The third-order valence-electron chi connectivity index (χ3n) is 3.42. The number of hydrogen-bond donors (Lipinski definition) is 2. The first-order valence-corrected chi connectivity index (χ1v) is 6.93. The molecule has 0 spiro atoms. The zero-order valence-electron chi connectivity index (χ0n) is 11.3. The summed E-state index contributed by atoms with van der Waals surface area (Å²) in [5, 5.41) is 12.8. The minimum Gasteiger partial charge on any atom is -0.480 e. The molecule has 4 nitrogen and oxygen atoms in total. The van der Waals surface area contributed by atoms with Crippen LogP contribution in [0.2, 0.25) is 0 Å². The lowest BCUT2D eigenvalue weighted by Gasteiger charge is -2.20. The average molecular weight is 263 g/mol. The second kappa shape index (κ2) is 6.57. The fraction of sp³-hybridized carbons (Fsp3) is 0.533. The van der Waals surface area contributed by atoms with Gasteiger partial charge in [0, 0.05) is 12.1 Å². The van der Waals surface area contributed by atoms with Crippen LogP contribution in [0.15, 0.2) is 24.3 Å². The number of carbonyl (C=O) groups is 1. The fourth-order valence-electron chi connectivity index (χ4n) is 2.26. The van der Waals surface area contributed by atoms with Crippen molar-refractivity contribution >= 4 is 5.91 Å². The van der Waals surface area contributed by atoms with Crippen LogP contribution in [0.5, 0.6) is 5.75 Å². The number of rotatable bonds is 4. The van der Waals surface area contributed by atoms with Gasteiger partial charge in [-0.05, 0) is 31.7 Å². The highest BCUT2D eigenvalue weighted by molar-refractivity contribution is 5.81. The highest BCUT2D eigenvalue weighted by Crippen LogP contribution is 2.28. The van der Waals surface area contributed by atoms with E-state index in [-0.39, 0.29) is 5.91 Å². The Labute approximate surface area is 113 Å². The summed E-state index contributed by atoms with van der Waals surface area (Å²) in [4.78, 5) is 11.9. The van der Waals surface area contributed by atoms with Crippen molar-refractivity contribution in [3.05, 3.63) is 29.8 Å². The Bertz CT molecular complexity index is 433. The van der Waals surface area contributed by atoms with Crippen LogP contribution in [0.25, 0.3) is 0 Å². The molecule has 2 atom stereocenters. The average Bonchev–Trinajstić information content (AvgIpc) is 2.64. The molecule has 0 radical (unpaired) electrons. The van der Waals surface area contributed by atoms with Crippen LogP contribution < -0.4 is 10.1 Å². The van der Waals surface area contributed by atoms with E-state index in [1.807, 2.05) is 31.2 Å². The lowest BCUT2D eigenvalue weighted by Crippen LogP contribution is -2.36. The standard InChI is InChI=1S/C15H21NO3/c1-2-12(17)11-7-3-4-8-13(11)19-14-9-5-6-10-16-15(14)18/h3-4,7-8,12,14,17H,2,5-6,9-10H2,1H3,(H,16,18). The highest BCUT2D eigenvalue weighted by atomic mass is 16.5. The van der Waals surface area contributed by atoms with Gasteiger partial charge in [-0.2, -0.15) is 0 Å². The molecule has 2 N–H and O–H groups in total. The first-order valence-electron chi connectivity index (χ1n) is 6.93. The maximum Gasteiger partial charge on any atom is 0.261 e. The third kappa shape index (κ3) is 3.47. The Kier molecular flexibility index (Phi) is 4.80. The summed E-state index contributed by atoms with van der Waals surface area (Å²) >= 11 is 0. The lowest BCUT2D eigenvalue weighted by molar-refractivity contribution is -0.127. The van der Waals surface area contributed by atoms with Crippen molar-refractivity contribution < 1.29 is 14.6 Å². The first-order chi connectivity index (χ1) is 9.22. The molecule has 0 aliphatic carbocycles. The second-order valence-electron chi connectivity index (χ2n) is 4.86. The first kappa shape index (κ1) is 13.9. The molecule has 1 aromatic rings. The third-order valence-corrected chi connectivity index (χ3v) is 3.42. The zero-order chi connectivity index (χ0) is 13.7. The highest BCUT2D eigenvalue weighted by Gasteiger charge is 2.23. The molecule has 0 saturated carbocycles. The van der Waals surface area contributed by atoms with E-state index in [1.165, 1.54) is 0 Å². The molecule has 1 amide bonds. The molecule has 104 valence electrons. The smallest absolute Gasteiger partial charge is 0.261 e. The zero-order valence-corrected chi connectivity index (χ0v) is 11.3. The van der Waals surface area contributed by atoms with Gasteiger partial charge in [0.05, 0.1) is 6.10 Å². The molecule has 2 unspecified atom stereocenters. The van der Waals surface area contributed by atoms with Crippen LogP contribution in [-0.2, 0) is 4.79 Å². The molecule has 0 aromatic heterocycles. The van der Waals surface area contributed by atoms with E-state index in [0.717, 1.165) is 31.4 Å². The van der Waals surface area contributed by atoms with Gasteiger partial charge in [-0.15, -0.1) is 0 Å². The Morgan fingerprint density at radius 3 is 3.00 bits per heavy atom. The summed E-state index contributed by atoms with van der Waals surface area (Å²) < 4.78 is 5.83. The summed E-state index contributed by atoms with van der Waals surface area (Å²) in [5.74, 6) is 0.553. The van der Waals surface area contributed by atoms with Crippen molar-refractivity contribution in [3.63, 3.8) is 0 Å². The number of aliphatic hydroxyl groups excluding tert-OH is 1. The number of nitrogens with one attached hydrogen (secondary N) is 1. The largest absolute Gasteiger partial charge is 0.480 e. The molecule has 1 heterocycles. The molecule has 4 heteroatoms. The predicted octanol–water partition coefficient (Wildman–Crippen LogP) is 2.18. The fourth-order valence-corrected chi connectivity index (χ4v) is 2.26. The van der Waals surface area contributed by atoms with Gasteiger partial charge in [0.1, 0.15) is 5.75 Å². The maximum absolute atomic E-state index is 11.9. The van der Waals surface area contributed by atoms with E-state index < -0.39 is 12.2 Å². The van der Waals surface area contributed by atoms with Crippen molar-refractivity contribution in [3.8, 4) is 5.75 Å². The summed E-state index contributed by atoms with van der Waals surface area (Å²) in [7, 11) is 0. The molecule has 1 aromatic carbocycles. The van der Waals surface area contributed by atoms with Crippen LogP contribution in [0.1, 0.15) is 44.3 Å². The van der Waals surface area contributed by atoms with Gasteiger partial charge in [-0.3, -0.25) is 4.79 Å². The number of carbonyl (C=O) groups excluding carboxylic acids is 1. The topological polar surface area (TPSA) is 58.6 Å². The lowest BCUT2D eigenvalue weighted by atomic mass is 10.1. The van der Waals surface area contributed by atoms with Gasteiger partial charge < -0.3 is 15.2 Å². The monoisotopic (exact) mass is 263 g/mol. The van der Waals surface area contributed by atoms with Crippen molar-refractivity contribution in [2.24, 2.45) is 0 Å². The van der Waals surface area contributed by atoms with Crippen LogP contribution in [0.4, 0.5) is 0 Å². The van der Waals surface area contributed by atoms with E-state index in [4.69, 9.17) is 4.74 Å². The van der Waals surface area contributed by atoms with Gasteiger partial charge in [-0.25, -0.2) is 0 Å². The normalized spacial score (nSPS) is 21.4. The second-order valence-corrected chi connectivity index (χ2v) is 4.86. The molecule has 1 aliphatic heterocycles. The molecule has 2 rings (SSSR count). The number of para-hydroxylation sites is 1. The van der Waals surface area contributed by atoms with Crippen molar-refractivity contribution in [2.75, 3.05) is 6.54 Å². The summed E-state index contributed by atoms with van der Waals surface area (Å²) in [6.07, 6.45) is 2.31. The molecule has 0 bridgehead atoms. The minimum atomic E-state index is -0.551. The molecular weight excluding hydrogens is 242 g/mol. The number of aliphatic hydroxyl groups is 1. The minimum absolute atomic E-state index is 0.0571. The van der Waals surface area contributed by atoms with Gasteiger partial charge in [0.2, 0.25) is 0 Å². The van der Waals surface area contributed by atoms with Crippen LogP contribution in [-0.4, -0.2) is 23.7 Å². The summed E-state index contributed by atoms with van der Waals surface area (Å²) in [6, 6.07) is 7.38. The van der Waals surface area contributed by atoms with E-state index in [9.17, 15) is 9.90 Å². The predicted molar refractivity (Wildman–Crippen MR) is 73.0 cm³/mol. The van der Waals surface area contributed by atoms with Crippen LogP contribution in [0.3, 0.4) is 0 Å². The molecule has 19 heavy (non-hydrogen) atoms. The summed E-state index contributed by atoms with van der Waals surface area (Å²) in [5.41, 5.74) is 0.752. The maximum atomic E-state index is 11.9. The molecular formula is C15H21NO3. The molecule has 1 saturated heterocycles. The Morgan fingerprint density at radius 1 is 1.42 bits per heavy atom. The van der Waals surface area contributed by atoms with Crippen molar-refractivity contribution in [1.29, 1.82) is 0 Å². The SMILES string of the molecule is CCC(O)c1ccccc1OC1CCCCNC1=O. The molecule has 1 aliphatic rings. The van der Waals surface area contributed by atoms with Crippen molar-refractivity contribution in [1.82, 2.24) is 5.32 Å². The number of hydrogen-bond acceptors (Lipinski definition) is 3. The number of benzene rings is 1. The Morgan fingerprint density at radius 2 is 2.21 bits per heavy atom. The number of amides is 1. The summed E-state index contributed by atoms with van der Waals surface area (Å²) in [6.45, 7) is 2.64. The van der Waals surface area contributed by atoms with Crippen molar-refractivity contribution in [2.45, 2.75) is 44.8 Å². The van der Waals surface area contributed by atoms with Gasteiger partial charge in [0.25, 0.3) is 5.91 Å². The van der Waals surface area contributed by atoms with E-state index >= 15 is 0 Å². The van der Waals surface area contributed by atoms with E-state index in [0.29, 0.717) is 12.2 Å². The van der Waals surface area contributed by atoms with Crippen LogP contribution >= 0.6 is 0 Å². The van der Waals surface area contributed by atoms with Gasteiger partial charge in [-0.1, -0.05) is 25.1 Å². The van der Waals surface area contributed by atoms with E-state index in [2.05, 4.69) is 5.32 Å². The van der Waals surface area contributed by atoms with Gasteiger partial charge >= 0.3 is 0 Å². The number of ether oxygens (including phenoxy) is 1. The quantitative estimate of drug-likeness (QED) is 0.875. The molecule has 1 fully saturated rings. The van der Waals surface area contributed by atoms with Gasteiger partial charge in [0.15, 0.2) is 6.10 Å². The Balaban J connectivity index is 2.15. The Hall–Kier alpha value is -1.55. The van der Waals surface area contributed by atoms with E-state index in [1.54, 1.807) is 0 Å².